The smallest absolute Gasteiger partial charge is 0.223 e. The Balaban J connectivity index is 1.76. The fourth-order valence-electron chi connectivity index (χ4n) is 4.01. The Morgan fingerprint density at radius 1 is 1.21 bits per heavy atom. The number of aromatic nitrogens is 2. The van der Waals surface area contributed by atoms with Gasteiger partial charge in [0.2, 0.25) is 11.8 Å². The number of nitrogens with one attached hydrogen (secondary N) is 3. The topological polar surface area (TPSA) is 90.1 Å². The Bertz CT molecular complexity index is 1190. The number of hydrogen-bond acceptors (Lipinski definition) is 4. The number of alkyl halides is 1. The number of aromatic amines is 1. The molecule has 3 N–H and O–H groups in total. The van der Waals surface area contributed by atoms with Gasteiger partial charge >= 0.3 is 0 Å². The van der Waals surface area contributed by atoms with Crippen LogP contribution in [0.25, 0.3) is 16.8 Å². The normalized spacial score (nSPS) is 12.9. The van der Waals surface area contributed by atoms with Crippen LogP contribution < -0.4 is 10.6 Å². The van der Waals surface area contributed by atoms with Gasteiger partial charge in [0.05, 0.1) is 24.6 Å². The molecule has 0 atom stereocenters. The second kappa shape index (κ2) is 9.68. The summed E-state index contributed by atoms with van der Waals surface area (Å²) in [6.45, 7) is 5.92. The molecule has 7 nitrogen and oxygen atoms in total. The first-order chi connectivity index (χ1) is 16.0. The molecule has 0 aliphatic carbocycles. The van der Waals surface area contributed by atoms with Crippen molar-refractivity contribution < 1.29 is 14.0 Å². The number of amides is 2. The molecule has 2 aromatic heterocycles. The van der Waals surface area contributed by atoms with E-state index in [1.807, 2.05) is 36.4 Å². The third kappa shape index (κ3) is 4.95. The molecule has 8 heteroatoms. The summed E-state index contributed by atoms with van der Waals surface area (Å²) in [5.74, 6) is 0.147. The van der Waals surface area contributed by atoms with Crippen LogP contribution >= 0.6 is 0 Å². The highest BCUT2D eigenvalue weighted by molar-refractivity contribution is 5.94. The molecule has 33 heavy (non-hydrogen) atoms. The number of carbonyl (C=O) groups excluding carboxylic acids is 2. The van der Waals surface area contributed by atoms with Gasteiger partial charge in [0.15, 0.2) is 0 Å². The van der Waals surface area contributed by atoms with Crippen molar-refractivity contribution in [3.05, 3.63) is 66.5 Å². The zero-order valence-corrected chi connectivity index (χ0v) is 18.5. The van der Waals surface area contributed by atoms with Gasteiger partial charge < -0.3 is 20.5 Å². The van der Waals surface area contributed by atoms with Crippen molar-refractivity contribution in [2.75, 3.05) is 23.9 Å². The first-order valence-corrected chi connectivity index (χ1v) is 10.8. The highest BCUT2D eigenvalue weighted by Gasteiger charge is 2.29. The minimum atomic E-state index is -0.512. The Morgan fingerprint density at radius 2 is 2.00 bits per heavy atom. The molecule has 2 amide bonds. The standard InChI is InChI=1S/C25H26FN5O2/c1-16-14-31(22(33)9-6-11-26)15-20-23(16)25(29-19-7-4-3-5-8-19)24(30-20)18-10-12-27-21(13-18)28-17(2)32/h3-5,7-8,10,12-13,29-30H,1,6,9,11,14-15H2,2H3,(H,27,28,32). The van der Waals surface area contributed by atoms with E-state index >= 15 is 0 Å². The van der Waals surface area contributed by atoms with Gasteiger partial charge in [0, 0.05) is 48.6 Å². The molecular formula is C25H26FN5O2. The minimum absolute atomic E-state index is 0.0926. The molecule has 4 rings (SSSR count). The van der Waals surface area contributed by atoms with E-state index in [2.05, 4.69) is 27.2 Å². The third-order valence-electron chi connectivity index (χ3n) is 5.43. The van der Waals surface area contributed by atoms with Crippen LogP contribution in [0.3, 0.4) is 0 Å². The zero-order valence-electron chi connectivity index (χ0n) is 18.5. The highest BCUT2D eigenvalue weighted by atomic mass is 19.1. The number of rotatable bonds is 7. The molecule has 0 saturated carbocycles. The van der Waals surface area contributed by atoms with E-state index < -0.39 is 6.67 Å². The summed E-state index contributed by atoms with van der Waals surface area (Å²) in [7, 11) is 0. The molecule has 0 spiro atoms. The quantitative estimate of drug-likeness (QED) is 0.481. The zero-order chi connectivity index (χ0) is 23.4. The number of benzene rings is 1. The van der Waals surface area contributed by atoms with Gasteiger partial charge in [-0.15, -0.1) is 0 Å². The maximum absolute atomic E-state index is 12.6. The third-order valence-corrected chi connectivity index (χ3v) is 5.43. The maximum Gasteiger partial charge on any atom is 0.223 e. The summed E-state index contributed by atoms with van der Waals surface area (Å²) in [5.41, 5.74) is 5.96. The van der Waals surface area contributed by atoms with Crippen molar-refractivity contribution in [3.63, 3.8) is 0 Å². The Morgan fingerprint density at radius 3 is 2.73 bits per heavy atom. The average molecular weight is 448 g/mol. The van der Waals surface area contributed by atoms with E-state index in [1.165, 1.54) is 6.92 Å². The number of anilines is 3. The number of pyridine rings is 1. The molecule has 170 valence electrons. The molecule has 0 saturated heterocycles. The van der Waals surface area contributed by atoms with Gasteiger partial charge in [-0.25, -0.2) is 4.98 Å². The second-order valence-corrected chi connectivity index (χ2v) is 7.98. The predicted molar refractivity (Wildman–Crippen MR) is 128 cm³/mol. The van der Waals surface area contributed by atoms with Crippen LogP contribution in [-0.4, -0.2) is 39.9 Å². The Labute approximate surface area is 191 Å². The molecule has 3 aromatic rings. The van der Waals surface area contributed by atoms with Crippen molar-refractivity contribution >= 4 is 34.6 Å². The molecule has 1 aliphatic rings. The number of nitrogens with zero attached hydrogens (tertiary/aromatic N) is 2. The van der Waals surface area contributed by atoms with Gasteiger partial charge in [-0.2, -0.15) is 0 Å². The Hall–Kier alpha value is -3.94. The SMILES string of the molecule is C=C1CN(C(=O)CCCF)Cc2[nH]c(-c3ccnc(NC(C)=O)c3)c(Nc3ccccc3)c21. The number of para-hydroxylation sites is 1. The number of H-pyrrole nitrogens is 1. The van der Waals surface area contributed by atoms with Crippen molar-refractivity contribution in [2.24, 2.45) is 0 Å². The molecule has 1 aliphatic heterocycles. The number of fused-ring (bicyclic) bond motifs is 1. The van der Waals surface area contributed by atoms with Gasteiger partial charge in [-0.3, -0.25) is 14.0 Å². The highest BCUT2D eigenvalue weighted by Crippen LogP contribution is 2.41. The van der Waals surface area contributed by atoms with Crippen molar-refractivity contribution in [1.82, 2.24) is 14.9 Å². The van der Waals surface area contributed by atoms with Crippen molar-refractivity contribution in [3.8, 4) is 11.3 Å². The van der Waals surface area contributed by atoms with E-state index in [4.69, 9.17) is 0 Å². The fourth-order valence-corrected chi connectivity index (χ4v) is 4.01. The maximum atomic E-state index is 12.6. The van der Waals surface area contributed by atoms with Gasteiger partial charge in [0.25, 0.3) is 0 Å². The molecule has 1 aromatic carbocycles. The lowest BCUT2D eigenvalue weighted by Crippen LogP contribution is -2.35. The van der Waals surface area contributed by atoms with Crippen LogP contribution in [0.15, 0.2) is 55.2 Å². The van der Waals surface area contributed by atoms with Gasteiger partial charge in [-0.05, 0) is 36.3 Å². The van der Waals surface area contributed by atoms with Crippen molar-refractivity contribution in [2.45, 2.75) is 26.3 Å². The summed E-state index contributed by atoms with van der Waals surface area (Å²) in [5, 5.41) is 6.21. The first kappa shape index (κ1) is 22.3. The van der Waals surface area contributed by atoms with Crippen LogP contribution in [0, 0.1) is 0 Å². The molecular weight excluding hydrogens is 421 g/mol. The average Bonchev–Trinajstić information content (AvgIpc) is 3.16. The molecule has 0 radical (unpaired) electrons. The largest absolute Gasteiger partial charge is 0.355 e. The summed E-state index contributed by atoms with van der Waals surface area (Å²) in [4.78, 5) is 33.4. The van der Waals surface area contributed by atoms with Gasteiger partial charge in [0.1, 0.15) is 5.82 Å². The summed E-state index contributed by atoms with van der Waals surface area (Å²) in [6, 6.07) is 13.4. The number of carbonyl (C=O) groups is 2. The van der Waals surface area contributed by atoms with Crippen LogP contribution in [0.4, 0.5) is 21.6 Å². The lowest BCUT2D eigenvalue weighted by Gasteiger charge is -2.29. The molecule has 0 unspecified atom stereocenters. The summed E-state index contributed by atoms with van der Waals surface area (Å²) in [6.07, 6.45) is 2.02. The minimum Gasteiger partial charge on any atom is -0.355 e. The van der Waals surface area contributed by atoms with Gasteiger partial charge in [-0.1, -0.05) is 24.8 Å². The van der Waals surface area contributed by atoms with E-state index in [0.717, 1.165) is 39.5 Å². The fraction of sp³-hybridized carbons (Fsp3) is 0.240. The molecule has 3 heterocycles. The van der Waals surface area contributed by atoms with Crippen LogP contribution in [-0.2, 0) is 16.1 Å². The second-order valence-electron chi connectivity index (χ2n) is 7.98. The van der Waals surface area contributed by atoms with Crippen LogP contribution in [0.1, 0.15) is 31.0 Å². The van der Waals surface area contributed by atoms with E-state index in [9.17, 15) is 14.0 Å². The lowest BCUT2D eigenvalue weighted by atomic mass is 9.99. The number of halogens is 1. The molecule has 0 bridgehead atoms. The summed E-state index contributed by atoms with van der Waals surface area (Å²) >= 11 is 0. The Kier molecular flexibility index (Phi) is 6.53. The van der Waals surface area contributed by atoms with Crippen molar-refractivity contribution in [1.29, 1.82) is 0 Å². The molecule has 0 fully saturated rings. The first-order valence-electron chi connectivity index (χ1n) is 10.8. The lowest BCUT2D eigenvalue weighted by molar-refractivity contribution is -0.131. The van der Waals surface area contributed by atoms with E-state index in [0.29, 0.717) is 18.9 Å². The number of hydrogen-bond donors (Lipinski definition) is 3. The van der Waals surface area contributed by atoms with Crippen LogP contribution in [0.5, 0.6) is 0 Å². The monoisotopic (exact) mass is 447 g/mol. The van der Waals surface area contributed by atoms with E-state index in [1.54, 1.807) is 17.2 Å². The van der Waals surface area contributed by atoms with E-state index in [-0.39, 0.29) is 24.7 Å². The summed E-state index contributed by atoms with van der Waals surface area (Å²) < 4.78 is 12.6. The predicted octanol–water partition coefficient (Wildman–Crippen LogP) is 4.88. The van der Waals surface area contributed by atoms with Crippen LogP contribution in [0.2, 0.25) is 0 Å².